The van der Waals surface area contributed by atoms with Crippen LogP contribution in [-0.2, 0) is 9.84 Å². The number of nitrogens with one attached hydrogen (secondary N) is 2. The van der Waals surface area contributed by atoms with Crippen LogP contribution in [0.25, 0.3) is 0 Å². The van der Waals surface area contributed by atoms with Crippen LogP contribution in [-0.4, -0.2) is 35.3 Å². The summed E-state index contributed by atoms with van der Waals surface area (Å²) in [5, 5.41) is 8.32. The first-order valence-corrected chi connectivity index (χ1v) is 7.55. The summed E-state index contributed by atoms with van der Waals surface area (Å²) in [4.78, 5) is 15.4. The van der Waals surface area contributed by atoms with Crippen molar-refractivity contribution in [2.45, 2.75) is 30.9 Å². The molecule has 1 rings (SSSR count). The molecule has 0 aliphatic carbocycles. The van der Waals surface area contributed by atoms with E-state index in [1.807, 2.05) is 0 Å². The highest BCUT2D eigenvalue weighted by atomic mass is 32.2. The molecule has 7 nitrogen and oxygen atoms in total. The van der Waals surface area contributed by atoms with Crippen molar-refractivity contribution in [3.8, 4) is 0 Å². The van der Waals surface area contributed by atoms with E-state index in [-0.39, 0.29) is 5.69 Å². The van der Waals surface area contributed by atoms with E-state index >= 15 is 0 Å². The summed E-state index contributed by atoms with van der Waals surface area (Å²) in [6.45, 7) is 3.83. The minimum absolute atomic E-state index is 0.112. The average molecular weight is 316 g/mol. The number of amides is 1. The average Bonchev–Trinajstić information content (AvgIpc) is 2.38. The Kier molecular flexibility index (Phi) is 4.67. The summed E-state index contributed by atoms with van der Waals surface area (Å²) < 4.78 is 35.7. The van der Waals surface area contributed by atoms with Gasteiger partial charge < -0.3 is 11.1 Å². The van der Waals surface area contributed by atoms with Gasteiger partial charge in [-0.15, -0.1) is 0 Å². The fourth-order valence-corrected chi connectivity index (χ4v) is 2.89. The number of rotatable bonds is 5. The number of hydrogen-bond donors (Lipinski definition) is 3. The van der Waals surface area contributed by atoms with Gasteiger partial charge >= 0.3 is 0 Å². The lowest BCUT2D eigenvalue weighted by atomic mass is 10.2. The van der Waals surface area contributed by atoms with Crippen LogP contribution in [0.4, 0.5) is 4.39 Å². The predicted octanol–water partition coefficient (Wildman–Crippen LogP) is 0.426. The third-order valence-corrected chi connectivity index (χ3v) is 5.81. The van der Waals surface area contributed by atoms with Crippen molar-refractivity contribution in [2.24, 2.45) is 5.73 Å². The molecule has 21 heavy (non-hydrogen) atoms. The van der Waals surface area contributed by atoms with Crippen LogP contribution >= 0.6 is 0 Å². The van der Waals surface area contributed by atoms with Crippen LogP contribution in [0, 0.1) is 11.2 Å². The number of carbonyl (C=O) groups excluding carboxylic acids is 1. The highest BCUT2D eigenvalue weighted by molar-refractivity contribution is 7.94. The predicted molar refractivity (Wildman–Crippen MR) is 76.0 cm³/mol. The molecule has 0 radical (unpaired) electrons. The number of sulfone groups is 1. The summed E-state index contributed by atoms with van der Waals surface area (Å²) in [6.07, 6.45) is 0.855. The molecular formula is C12H17FN4O3S. The van der Waals surface area contributed by atoms with Gasteiger partial charge in [-0.2, -0.15) is 0 Å². The van der Waals surface area contributed by atoms with Crippen LogP contribution in [0.5, 0.6) is 0 Å². The van der Waals surface area contributed by atoms with E-state index < -0.39 is 37.5 Å². The van der Waals surface area contributed by atoms with Crippen LogP contribution < -0.4 is 11.1 Å². The molecule has 0 aromatic carbocycles. The second-order valence-electron chi connectivity index (χ2n) is 4.95. The first-order chi connectivity index (χ1) is 9.50. The summed E-state index contributed by atoms with van der Waals surface area (Å²) in [5.41, 5.74) is 5.18. The zero-order chi connectivity index (χ0) is 16.4. The maximum atomic E-state index is 12.7. The fraction of sp³-hybridized carbons (Fsp3) is 0.417. The van der Waals surface area contributed by atoms with Gasteiger partial charge in [0.2, 0.25) is 0 Å². The number of nitrogens with zero attached hydrogens (tertiary/aromatic N) is 1. The van der Waals surface area contributed by atoms with Gasteiger partial charge in [0.15, 0.2) is 9.84 Å². The van der Waals surface area contributed by atoms with E-state index in [0.717, 1.165) is 18.3 Å². The summed E-state index contributed by atoms with van der Waals surface area (Å²) >= 11 is 0. The molecule has 1 unspecified atom stereocenters. The number of nitrogens with two attached hydrogens (primary N) is 1. The van der Waals surface area contributed by atoms with Crippen LogP contribution in [0.3, 0.4) is 0 Å². The number of hydrogen-bond acceptors (Lipinski definition) is 5. The van der Waals surface area contributed by atoms with Crippen LogP contribution in [0.2, 0.25) is 0 Å². The zero-order valence-electron chi connectivity index (χ0n) is 11.8. The second kappa shape index (κ2) is 5.76. The summed E-state index contributed by atoms with van der Waals surface area (Å²) in [7, 11) is -3.93. The molecule has 0 saturated carbocycles. The van der Waals surface area contributed by atoms with Gasteiger partial charge in [-0.25, -0.2) is 17.8 Å². The second-order valence-corrected chi connectivity index (χ2v) is 7.76. The van der Waals surface area contributed by atoms with Gasteiger partial charge in [0.05, 0.1) is 6.20 Å². The lowest BCUT2D eigenvalue weighted by Crippen LogP contribution is -2.53. The SMILES string of the molecule is CC(NC(=O)c1ccc(F)cn1)S(=O)(=O)C(C)(C)C(=N)N. The van der Waals surface area contributed by atoms with E-state index in [2.05, 4.69) is 10.3 Å². The number of amidine groups is 1. The number of pyridine rings is 1. The molecule has 116 valence electrons. The third kappa shape index (κ3) is 3.35. The van der Waals surface area contributed by atoms with Crippen molar-refractivity contribution >= 4 is 21.6 Å². The molecule has 0 bridgehead atoms. The molecule has 1 aromatic rings. The quantitative estimate of drug-likeness (QED) is 0.536. The van der Waals surface area contributed by atoms with E-state index in [1.54, 1.807) is 0 Å². The van der Waals surface area contributed by atoms with E-state index in [4.69, 9.17) is 11.1 Å². The summed E-state index contributed by atoms with van der Waals surface area (Å²) in [5.74, 6) is -1.89. The topological polar surface area (TPSA) is 126 Å². The van der Waals surface area contributed by atoms with Crippen LogP contribution in [0.1, 0.15) is 31.3 Å². The fourth-order valence-electron chi connectivity index (χ4n) is 1.44. The number of aromatic nitrogens is 1. The van der Waals surface area contributed by atoms with Crippen molar-refractivity contribution < 1.29 is 17.6 Å². The van der Waals surface area contributed by atoms with Gasteiger partial charge in [0.1, 0.15) is 27.5 Å². The normalized spacial score (nSPS) is 13.5. The van der Waals surface area contributed by atoms with Crippen molar-refractivity contribution in [3.05, 3.63) is 29.8 Å². The molecule has 0 spiro atoms. The Morgan fingerprint density at radius 1 is 1.48 bits per heavy atom. The third-order valence-electron chi connectivity index (χ3n) is 3.12. The Morgan fingerprint density at radius 2 is 2.05 bits per heavy atom. The van der Waals surface area contributed by atoms with Crippen molar-refractivity contribution in [1.82, 2.24) is 10.3 Å². The van der Waals surface area contributed by atoms with Gasteiger partial charge in [-0.05, 0) is 32.9 Å². The smallest absolute Gasteiger partial charge is 0.270 e. The Morgan fingerprint density at radius 3 is 2.48 bits per heavy atom. The first kappa shape index (κ1) is 17.0. The molecule has 1 atom stereocenters. The maximum absolute atomic E-state index is 12.7. The molecule has 0 aliphatic heterocycles. The van der Waals surface area contributed by atoms with Crippen LogP contribution in [0.15, 0.2) is 18.3 Å². The van der Waals surface area contributed by atoms with E-state index in [9.17, 15) is 17.6 Å². The van der Waals surface area contributed by atoms with Gasteiger partial charge in [0, 0.05) is 0 Å². The Labute approximate surface area is 122 Å². The molecule has 1 amide bonds. The molecule has 0 aliphatic rings. The minimum atomic E-state index is -3.93. The number of carbonyl (C=O) groups is 1. The molecule has 0 saturated heterocycles. The maximum Gasteiger partial charge on any atom is 0.270 e. The molecule has 1 aromatic heterocycles. The van der Waals surface area contributed by atoms with Crippen molar-refractivity contribution in [2.75, 3.05) is 0 Å². The van der Waals surface area contributed by atoms with Crippen molar-refractivity contribution in [3.63, 3.8) is 0 Å². The summed E-state index contributed by atoms with van der Waals surface area (Å²) in [6, 6.07) is 2.18. The molecule has 9 heteroatoms. The van der Waals surface area contributed by atoms with E-state index in [0.29, 0.717) is 0 Å². The highest BCUT2D eigenvalue weighted by Gasteiger charge is 2.42. The Hall–Kier alpha value is -2.03. The minimum Gasteiger partial charge on any atom is -0.386 e. The lowest BCUT2D eigenvalue weighted by molar-refractivity contribution is 0.0945. The van der Waals surface area contributed by atoms with Gasteiger partial charge in [0.25, 0.3) is 5.91 Å². The largest absolute Gasteiger partial charge is 0.386 e. The van der Waals surface area contributed by atoms with Gasteiger partial charge in [-0.3, -0.25) is 10.2 Å². The Bertz CT molecular complexity index is 656. The highest BCUT2D eigenvalue weighted by Crippen LogP contribution is 2.20. The number of halogens is 1. The monoisotopic (exact) mass is 316 g/mol. The van der Waals surface area contributed by atoms with E-state index in [1.165, 1.54) is 20.8 Å². The van der Waals surface area contributed by atoms with Gasteiger partial charge in [-0.1, -0.05) is 0 Å². The molecule has 4 N–H and O–H groups in total. The lowest BCUT2D eigenvalue weighted by Gasteiger charge is -2.27. The first-order valence-electron chi connectivity index (χ1n) is 6.00. The molecular weight excluding hydrogens is 299 g/mol. The Balaban J connectivity index is 2.95. The molecule has 0 fully saturated rings. The van der Waals surface area contributed by atoms with Crippen molar-refractivity contribution in [1.29, 1.82) is 5.41 Å². The standard InChI is InChI=1S/C12H17FN4O3S/c1-7(21(19,20)12(2,3)11(14)15)17-10(18)9-5-4-8(13)6-16-9/h4-7H,1-3H3,(H3,14,15)(H,17,18). The zero-order valence-corrected chi connectivity index (χ0v) is 12.7. The molecule has 1 heterocycles.